The Balaban J connectivity index is 1.81. The Kier molecular flexibility index (Phi) is 3.11. The third kappa shape index (κ3) is 2.51. The quantitative estimate of drug-likeness (QED) is 0.571. The summed E-state index contributed by atoms with van der Waals surface area (Å²) >= 11 is 0. The number of aromatic carboxylic acids is 1. The molecule has 0 bridgehead atoms. The minimum Gasteiger partial charge on any atom is -0.478 e. The van der Waals surface area contributed by atoms with Gasteiger partial charge in [-0.2, -0.15) is 13.2 Å². The van der Waals surface area contributed by atoms with E-state index < -0.39 is 17.7 Å². The van der Waals surface area contributed by atoms with Gasteiger partial charge in [0.1, 0.15) is 0 Å². The van der Waals surface area contributed by atoms with Crippen LogP contribution in [0.2, 0.25) is 0 Å². The SMILES string of the molecule is O=C(O)c1ccc2[nH]c3nn(-c4ccc(C(F)(F)F)cc4)cc3c2c1. The summed E-state index contributed by atoms with van der Waals surface area (Å²) in [4.78, 5) is 14.2. The molecule has 0 aliphatic carbocycles. The van der Waals surface area contributed by atoms with Gasteiger partial charge in [-0.15, -0.1) is 5.10 Å². The number of carbonyl (C=O) groups is 1. The minimum atomic E-state index is -4.39. The first-order valence-corrected chi connectivity index (χ1v) is 7.25. The number of hydrogen-bond acceptors (Lipinski definition) is 2. The van der Waals surface area contributed by atoms with E-state index in [1.54, 1.807) is 12.3 Å². The maximum absolute atomic E-state index is 12.6. The number of hydrogen-bond donors (Lipinski definition) is 2. The molecule has 2 heterocycles. The number of nitrogens with zero attached hydrogens (tertiary/aromatic N) is 2. The third-order valence-electron chi connectivity index (χ3n) is 3.98. The van der Waals surface area contributed by atoms with Crippen LogP contribution in [0.25, 0.3) is 27.6 Å². The summed E-state index contributed by atoms with van der Waals surface area (Å²) in [5, 5.41) is 14.8. The molecule has 5 nitrogen and oxygen atoms in total. The Bertz CT molecular complexity index is 1110. The van der Waals surface area contributed by atoms with Crippen LogP contribution in [0.3, 0.4) is 0 Å². The highest BCUT2D eigenvalue weighted by atomic mass is 19.4. The molecule has 4 aromatic rings. The van der Waals surface area contributed by atoms with Gasteiger partial charge in [-0.1, -0.05) is 0 Å². The summed E-state index contributed by atoms with van der Waals surface area (Å²) in [5.41, 5.74) is 1.15. The number of halogens is 3. The number of aromatic nitrogens is 3. The molecule has 4 rings (SSSR count). The fourth-order valence-electron chi connectivity index (χ4n) is 2.74. The highest BCUT2D eigenvalue weighted by Crippen LogP contribution is 2.30. The van der Waals surface area contributed by atoms with E-state index in [1.165, 1.54) is 28.9 Å². The molecule has 2 N–H and O–H groups in total. The fourth-order valence-corrected chi connectivity index (χ4v) is 2.74. The Labute approximate surface area is 138 Å². The topological polar surface area (TPSA) is 70.9 Å². The second-order valence-electron chi connectivity index (χ2n) is 5.57. The van der Waals surface area contributed by atoms with Gasteiger partial charge in [-0.3, -0.25) is 0 Å². The molecule has 0 aliphatic heterocycles. The monoisotopic (exact) mass is 345 g/mol. The number of nitrogens with one attached hydrogen (secondary N) is 1. The molecule has 0 aliphatic rings. The number of carboxylic acids is 1. The Morgan fingerprint density at radius 1 is 1.08 bits per heavy atom. The van der Waals surface area contributed by atoms with Gasteiger partial charge in [0.25, 0.3) is 0 Å². The number of rotatable bonds is 2. The van der Waals surface area contributed by atoms with Gasteiger partial charge in [-0.25, -0.2) is 9.48 Å². The first-order chi connectivity index (χ1) is 11.8. The van der Waals surface area contributed by atoms with Crippen molar-refractivity contribution in [3.63, 3.8) is 0 Å². The zero-order chi connectivity index (χ0) is 17.8. The summed E-state index contributed by atoms with van der Waals surface area (Å²) in [5.74, 6) is -1.04. The normalized spacial score (nSPS) is 12.1. The fraction of sp³-hybridized carbons (Fsp3) is 0.0588. The maximum atomic E-state index is 12.6. The largest absolute Gasteiger partial charge is 0.478 e. The van der Waals surface area contributed by atoms with Crippen LogP contribution in [0.4, 0.5) is 13.2 Å². The molecule has 0 saturated heterocycles. The van der Waals surface area contributed by atoms with Crippen LogP contribution in [0.15, 0.2) is 48.7 Å². The Hall–Kier alpha value is -3.29. The lowest BCUT2D eigenvalue weighted by Crippen LogP contribution is -2.05. The highest BCUT2D eigenvalue weighted by Gasteiger charge is 2.30. The standard InChI is InChI=1S/C17H10F3N3O2/c18-17(19,20)10-2-4-11(5-3-10)23-8-13-12-7-9(16(24)25)1-6-14(12)21-15(13)22-23/h1-8H,(H,21,22)(H,24,25). The van der Waals surface area contributed by atoms with Gasteiger partial charge >= 0.3 is 12.1 Å². The van der Waals surface area contributed by atoms with E-state index in [9.17, 15) is 18.0 Å². The van der Waals surface area contributed by atoms with Gasteiger partial charge in [0.2, 0.25) is 0 Å². The predicted octanol–water partition coefficient (Wildman–Crippen LogP) is 4.22. The average molecular weight is 345 g/mol. The van der Waals surface area contributed by atoms with Crippen molar-refractivity contribution in [3.05, 3.63) is 59.8 Å². The van der Waals surface area contributed by atoms with E-state index in [4.69, 9.17) is 5.11 Å². The van der Waals surface area contributed by atoms with Crippen LogP contribution in [0, 0.1) is 0 Å². The number of carboxylic acid groups (broad SMARTS) is 1. The molecule has 0 atom stereocenters. The van der Waals surface area contributed by atoms with Crippen molar-refractivity contribution in [3.8, 4) is 5.69 Å². The van der Waals surface area contributed by atoms with Crippen LogP contribution in [-0.4, -0.2) is 25.8 Å². The molecule has 126 valence electrons. The van der Waals surface area contributed by atoms with Crippen LogP contribution in [0.1, 0.15) is 15.9 Å². The summed E-state index contributed by atoms with van der Waals surface area (Å²) in [6.07, 6.45) is -2.74. The Morgan fingerprint density at radius 2 is 1.80 bits per heavy atom. The maximum Gasteiger partial charge on any atom is 0.416 e. The molecule has 2 aromatic heterocycles. The van der Waals surface area contributed by atoms with Crippen molar-refractivity contribution in [2.45, 2.75) is 6.18 Å². The number of alkyl halides is 3. The Morgan fingerprint density at radius 3 is 2.44 bits per heavy atom. The van der Waals surface area contributed by atoms with Gasteiger partial charge in [0.05, 0.1) is 16.8 Å². The summed E-state index contributed by atoms with van der Waals surface area (Å²) in [6, 6.07) is 9.33. The van der Waals surface area contributed by atoms with Gasteiger partial charge in [-0.05, 0) is 42.5 Å². The van der Waals surface area contributed by atoms with Crippen molar-refractivity contribution in [1.29, 1.82) is 0 Å². The van der Waals surface area contributed by atoms with E-state index in [1.807, 2.05) is 0 Å². The summed E-state index contributed by atoms with van der Waals surface area (Å²) in [7, 11) is 0. The van der Waals surface area contributed by atoms with Gasteiger partial charge in [0, 0.05) is 22.5 Å². The molecular formula is C17H10F3N3O2. The van der Waals surface area contributed by atoms with E-state index in [-0.39, 0.29) is 5.56 Å². The molecule has 0 amide bonds. The smallest absolute Gasteiger partial charge is 0.416 e. The lowest BCUT2D eigenvalue weighted by Gasteiger charge is -2.07. The third-order valence-corrected chi connectivity index (χ3v) is 3.98. The highest BCUT2D eigenvalue weighted by molar-refractivity contribution is 6.08. The number of aromatic amines is 1. The van der Waals surface area contributed by atoms with Crippen LogP contribution < -0.4 is 0 Å². The van der Waals surface area contributed by atoms with E-state index in [0.717, 1.165) is 17.6 Å². The zero-order valence-corrected chi connectivity index (χ0v) is 12.5. The first-order valence-electron chi connectivity index (χ1n) is 7.25. The molecule has 0 radical (unpaired) electrons. The van der Waals surface area contributed by atoms with Crippen LogP contribution in [0.5, 0.6) is 0 Å². The molecule has 0 saturated carbocycles. The molecular weight excluding hydrogens is 335 g/mol. The zero-order valence-electron chi connectivity index (χ0n) is 12.5. The van der Waals surface area contributed by atoms with Gasteiger partial charge < -0.3 is 10.1 Å². The van der Waals surface area contributed by atoms with E-state index in [2.05, 4.69) is 10.1 Å². The summed E-state index contributed by atoms with van der Waals surface area (Å²) < 4.78 is 39.4. The lowest BCUT2D eigenvalue weighted by molar-refractivity contribution is -0.137. The summed E-state index contributed by atoms with van der Waals surface area (Å²) in [6.45, 7) is 0. The van der Waals surface area contributed by atoms with Crippen LogP contribution in [-0.2, 0) is 6.18 Å². The number of fused-ring (bicyclic) bond motifs is 3. The van der Waals surface area contributed by atoms with Crippen LogP contribution >= 0.6 is 0 Å². The molecule has 0 spiro atoms. The lowest BCUT2D eigenvalue weighted by atomic mass is 10.1. The molecule has 8 heteroatoms. The number of H-pyrrole nitrogens is 1. The van der Waals surface area contributed by atoms with Crippen molar-refractivity contribution in [2.24, 2.45) is 0 Å². The second-order valence-corrected chi connectivity index (χ2v) is 5.57. The van der Waals surface area contributed by atoms with Crippen molar-refractivity contribution in [2.75, 3.05) is 0 Å². The van der Waals surface area contributed by atoms with E-state index >= 15 is 0 Å². The average Bonchev–Trinajstić information content (AvgIpc) is 3.11. The second kappa shape index (κ2) is 5.10. The van der Waals surface area contributed by atoms with Crippen molar-refractivity contribution >= 4 is 27.9 Å². The minimum absolute atomic E-state index is 0.149. The molecule has 0 unspecified atom stereocenters. The van der Waals surface area contributed by atoms with Gasteiger partial charge in [0.15, 0.2) is 5.65 Å². The molecule has 0 fully saturated rings. The first kappa shape index (κ1) is 15.3. The van der Waals surface area contributed by atoms with Crippen molar-refractivity contribution < 1.29 is 23.1 Å². The molecule has 25 heavy (non-hydrogen) atoms. The van der Waals surface area contributed by atoms with E-state index in [0.29, 0.717) is 22.1 Å². The molecule has 2 aromatic carbocycles. The number of benzene rings is 2. The van der Waals surface area contributed by atoms with Crippen molar-refractivity contribution in [1.82, 2.24) is 14.8 Å². The predicted molar refractivity (Wildman–Crippen MR) is 84.9 cm³/mol.